The molecular formula is C10H7ClO2. The minimum absolute atomic E-state index is 0.0544. The highest BCUT2D eigenvalue weighted by Gasteiger charge is 2.05. The first-order chi connectivity index (χ1) is 6.20. The van der Waals surface area contributed by atoms with Gasteiger partial charge in [-0.05, 0) is 24.6 Å². The molecule has 0 unspecified atom stereocenters. The zero-order valence-electron chi connectivity index (χ0n) is 7.00. The monoisotopic (exact) mass is 194 g/mol. The van der Waals surface area contributed by atoms with E-state index in [1.807, 2.05) is 6.92 Å². The molecule has 0 atom stereocenters. The van der Waals surface area contributed by atoms with E-state index in [9.17, 15) is 4.79 Å². The van der Waals surface area contributed by atoms with Crippen LogP contribution in [0.5, 0.6) is 0 Å². The van der Waals surface area contributed by atoms with Crippen molar-refractivity contribution < 1.29 is 4.42 Å². The van der Waals surface area contributed by atoms with Gasteiger partial charge in [0.2, 0.25) is 0 Å². The second kappa shape index (κ2) is 2.89. The Morgan fingerprint density at radius 3 is 2.85 bits per heavy atom. The highest BCUT2D eigenvalue weighted by molar-refractivity contribution is 6.32. The molecule has 1 aromatic carbocycles. The fourth-order valence-corrected chi connectivity index (χ4v) is 1.48. The lowest BCUT2D eigenvalue weighted by Crippen LogP contribution is -2.00. The summed E-state index contributed by atoms with van der Waals surface area (Å²) in [5, 5.41) is 1.15. The van der Waals surface area contributed by atoms with Crippen molar-refractivity contribution in [2.75, 3.05) is 0 Å². The molecule has 2 aromatic rings. The highest BCUT2D eigenvalue weighted by Crippen LogP contribution is 2.22. The van der Waals surface area contributed by atoms with Gasteiger partial charge in [-0.2, -0.15) is 0 Å². The van der Waals surface area contributed by atoms with Gasteiger partial charge in [0, 0.05) is 11.1 Å². The maximum absolute atomic E-state index is 11.4. The van der Waals surface area contributed by atoms with Crippen LogP contribution in [0, 0.1) is 6.92 Å². The summed E-state index contributed by atoms with van der Waals surface area (Å²) >= 11 is 5.88. The summed E-state index contributed by atoms with van der Waals surface area (Å²) < 4.78 is 5.17. The van der Waals surface area contributed by atoms with Crippen LogP contribution in [0.4, 0.5) is 0 Å². The van der Waals surface area contributed by atoms with Crippen molar-refractivity contribution in [3.63, 3.8) is 0 Å². The molecule has 0 saturated heterocycles. The van der Waals surface area contributed by atoms with Crippen LogP contribution in [-0.2, 0) is 0 Å². The lowest BCUT2D eigenvalue weighted by atomic mass is 10.1. The summed E-state index contributed by atoms with van der Waals surface area (Å²) in [7, 11) is 0. The number of hydrogen-bond acceptors (Lipinski definition) is 2. The Kier molecular flexibility index (Phi) is 1.85. The minimum atomic E-state index is -0.0544. The van der Waals surface area contributed by atoms with Crippen molar-refractivity contribution in [1.29, 1.82) is 0 Å². The molecule has 3 heteroatoms. The van der Waals surface area contributed by atoms with Crippen LogP contribution in [0.3, 0.4) is 0 Å². The maximum atomic E-state index is 11.4. The van der Waals surface area contributed by atoms with E-state index in [1.165, 1.54) is 12.3 Å². The van der Waals surface area contributed by atoms with Gasteiger partial charge in [0.25, 0.3) is 0 Å². The summed E-state index contributed by atoms with van der Waals surface area (Å²) in [6.07, 6.45) is 1.39. The number of hydrogen-bond donors (Lipinski definition) is 0. The van der Waals surface area contributed by atoms with Crippen LogP contribution in [-0.4, -0.2) is 0 Å². The van der Waals surface area contributed by atoms with E-state index in [4.69, 9.17) is 16.0 Å². The lowest BCUT2D eigenvalue weighted by molar-refractivity contribution is 0.602. The van der Waals surface area contributed by atoms with Crippen LogP contribution in [0.15, 0.2) is 33.7 Å². The Morgan fingerprint density at radius 2 is 2.08 bits per heavy atom. The van der Waals surface area contributed by atoms with Gasteiger partial charge in [-0.3, -0.25) is 4.79 Å². The topological polar surface area (TPSA) is 30.2 Å². The first kappa shape index (κ1) is 8.32. The van der Waals surface area contributed by atoms with Crippen molar-refractivity contribution >= 4 is 22.6 Å². The molecule has 0 saturated carbocycles. The van der Waals surface area contributed by atoms with E-state index in [0.717, 1.165) is 5.56 Å². The van der Waals surface area contributed by atoms with Gasteiger partial charge in [-0.25, -0.2) is 0 Å². The van der Waals surface area contributed by atoms with Gasteiger partial charge < -0.3 is 4.42 Å². The predicted molar refractivity (Wildman–Crippen MR) is 52.2 cm³/mol. The lowest BCUT2D eigenvalue weighted by Gasteiger charge is -2.00. The fraction of sp³-hybridized carbons (Fsp3) is 0.100. The molecule has 0 spiro atoms. The third-order valence-electron chi connectivity index (χ3n) is 2.02. The molecule has 0 aliphatic carbocycles. The molecule has 1 aromatic heterocycles. The van der Waals surface area contributed by atoms with E-state index < -0.39 is 0 Å². The molecule has 0 bridgehead atoms. The Hall–Kier alpha value is -1.28. The molecule has 0 aliphatic rings. The molecule has 0 aliphatic heterocycles. The Balaban J connectivity index is 3.06. The van der Waals surface area contributed by atoms with Crippen molar-refractivity contribution in [2.45, 2.75) is 6.92 Å². The molecular weight excluding hydrogens is 188 g/mol. The Bertz CT molecular complexity index is 514. The summed E-state index contributed by atoms with van der Waals surface area (Å²) in [6.45, 7) is 1.81. The molecule has 0 amide bonds. The van der Waals surface area contributed by atoms with Crippen molar-refractivity contribution in [3.8, 4) is 0 Å². The average Bonchev–Trinajstić information content (AvgIpc) is 2.12. The van der Waals surface area contributed by atoms with E-state index in [-0.39, 0.29) is 5.43 Å². The normalized spacial score (nSPS) is 10.6. The molecule has 0 radical (unpaired) electrons. The van der Waals surface area contributed by atoms with E-state index >= 15 is 0 Å². The number of fused-ring (bicyclic) bond motifs is 1. The first-order valence-electron chi connectivity index (χ1n) is 3.87. The summed E-state index contributed by atoms with van der Waals surface area (Å²) in [6, 6.07) is 4.82. The van der Waals surface area contributed by atoms with Gasteiger partial charge >= 0.3 is 0 Å². The van der Waals surface area contributed by atoms with E-state index in [1.54, 1.807) is 12.1 Å². The number of halogens is 1. The Labute approximate surface area is 79.7 Å². The SMILES string of the molecule is Cc1c(Cl)ccc2occc(=O)c12. The zero-order chi connectivity index (χ0) is 9.42. The smallest absolute Gasteiger partial charge is 0.192 e. The minimum Gasteiger partial charge on any atom is -0.464 e. The number of aryl methyl sites for hydroxylation is 1. The Morgan fingerprint density at radius 1 is 1.31 bits per heavy atom. The average molecular weight is 195 g/mol. The van der Waals surface area contributed by atoms with E-state index in [0.29, 0.717) is 16.0 Å². The highest BCUT2D eigenvalue weighted by atomic mass is 35.5. The summed E-state index contributed by atoms with van der Waals surface area (Å²) in [4.78, 5) is 11.4. The molecule has 66 valence electrons. The molecule has 2 rings (SSSR count). The van der Waals surface area contributed by atoms with Crippen LogP contribution in [0.1, 0.15) is 5.56 Å². The molecule has 0 N–H and O–H groups in total. The third-order valence-corrected chi connectivity index (χ3v) is 2.43. The quantitative estimate of drug-likeness (QED) is 0.646. The van der Waals surface area contributed by atoms with Gasteiger partial charge in [0.05, 0.1) is 11.6 Å². The standard InChI is InChI=1S/C10H7ClO2/c1-6-7(11)2-3-9-10(6)8(12)4-5-13-9/h2-5H,1H3. The molecule has 13 heavy (non-hydrogen) atoms. The van der Waals surface area contributed by atoms with Crippen molar-refractivity contribution in [1.82, 2.24) is 0 Å². The van der Waals surface area contributed by atoms with Crippen LogP contribution >= 0.6 is 11.6 Å². The van der Waals surface area contributed by atoms with Crippen molar-refractivity contribution in [3.05, 3.63) is 45.3 Å². The zero-order valence-corrected chi connectivity index (χ0v) is 7.76. The number of rotatable bonds is 0. The van der Waals surface area contributed by atoms with Crippen LogP contribution in [0.25, 0.3) is 11.0 Å². The first-order valence-corrected chi connectivity index (χ1v) is 4.24. The van der Waals surface area contributed by atoms with Gasteiger partial charge in [0.1, 0.15) is 5.58 Å². The molecule has 1 heterocycles. The molecule has 0 fully saturated rings. The third kappa shape index (κ3) is 1.23. The maximum Gasteiger partial charge on any atom is 0.192 e. The summed E-state index contributed by atoms with van der Waals surface area (Å²) in [5.41, 5.74) is 1.30. The molecule has 2 nitrogen and oxygen atoms in total. The number of benzene rings is 1. The fourth-order valence-electron chi connectivity index (χ4n) is 1.32. The predicted octanol–water partition coefficient (Wildman–Crippen LogP) is 2.75. The van der Waals surface area contributed by atoms with Gasteiger partial charge in [0.15, 0.2) is 5.43 Å². The van der Waals surface area contributed by atoms with Crippen molar-refractivity contribution in [2.24, 2.45) is 0 Å². The largest absolute Gasteiger partial charge is 0.464 e. The second-order valence-corrected chi connectivity index (χ2v) is 3.24. The van der Waals surface area contributed by atoms with Gasteiger partial charge in [-0.1, -0.05) is 11.6 Å². The van der Waals surface area contributed by atoms with Crippen LogP contribution in [0.2, 0.25) is 5.02 Å². The van der Waals surface area contributed by atoms with Gasteiger partial charge in [-0.15, -0.1) is 0 Å². The van der Waals surface area contributed by atoms with E-state index in [2.05, 4.69) is 0 Å². The second-order valence-electron chi connectivity index (χ2n) is 2.83. The van der Waals surface area contributed by atoms with Crippen LogP contribution < -0.4 is 5.43 Å². The summed E-state index contributed by atoms with van der Waals surface area (Å²) in [5.74, 6) is 0.